The van der Waals surface area contributed by atoms with E-state index in [4.69, 9.17) is 16.3 Å². The number of Topliss-reactive ketones (excluding diaryl/α,β-unsaturated/α-hetero) is 1. The minimum Gasteiger partial charge on any atom is -0.481 e. The highest BCUT2D eigenvalue weighted by Crippen LogP contribution is 2.25. The summed E-state index contributed by atoms with van der Waals surface area (Å²) in [6.07, 6.45) is 0.144. The van der Waals surface area contributed by atoms with Crippen LogP contribution >= 0.6 is 11.6 Å². The number of amides is 2. The largest absolute Gasteiger partial charge is 0.481 e. The number of halogens is 1. The molecule has 0 bridgehead atoms. The number of carboxylic acids is 2. The molecule has 4 N–H and O–H groups in total. The van der Waals surface area contributed by atoms with Crippen molar-refractivity contribution in [3.63, 3.8) is 0 Å². The fourth-order valence-electron chi connectivity index (χ4n) is 4.62. The van der Waals surface area contributed by atoms with Crippen LogP contribution in [-0.4, -0.2) is 68.1 Å². The van der Waals surface area contributed by atoms with E-state index in [2.05, 4.69) is 16.5 Å². The Morgan fingerprint density at radius 1 is 0.854 bits per heavy atom. The van der Waals surface area contributed by atoms with Crippen LogP contribution < -0.4 is 10.6 Å². The molecule has 2 aromatic rings. The highest BCUT2D eigenvalue weighted by molar-refractivity contribution is 8.04. The molecule has 0 fully saturated rings. The molecule has 0 aliphatic rings. The van der Waals surface area contributed by atoms with E-state index in [0.29, 0.717) is 11.1 Å². The molecule has 260 valence electrons. The molecular weight excluding hydrogens is 664 g/mol. The smallest absolute Gasteiger partial charge is 0.306 e. The van der Waals surface area contributed by atoms with Gasteiger partial charge in [-0.05, 0) is 29.0 Å². The van der Waals surface area contributed by atoms with Crippen LogP contribution in [0.4, 0.5) is 0 Å². The molecule has 2 aromatic carbocycles. The molecule has 2 rings (SSSR count). The lowest BCUT2D eigenvalue weighted by Crippen LogP contribution is -2.44. The van der Waals surface area contributed by atoms with Gasteiger partial charge in [-0.1, -0.05) is 86.1 Å². The van der Waals surface area contributed by atoms with E-state index in [9.17, 15) is 43.2 Å². The number of benzene rings is 2. The molecule has 12 nitrogen and oxygen atoms in total. The van der Waals surface area contributed by atoms with Gasteiger partial charge in [-0.25, -0.2) is 0 Å². The second kappa shape index (κ2) is 18.7. The van der Waals surface area contributed by atoms with Gasteiger partial charge in [0.1, 0.15) is 12.6 Å². The summed E-state index contributed by atoms with van der Waals surface area (Å²) in [5, 5.41) is 24.0. The number of hydrogen-bond acceptors (Lipinski definition) is 8. The van der Waals surface area contributed by atoms with Crippen LogP contribution in [0.15, 0.2) is 71.1 Å². The van der Waals surface area contributed by atoms with Crippen molar-refractivity contribution in [1.29, 1.82) is 0 Å². The molecule has 0 heterocycles. The Balaban J connectivity index is 2.29. The average Bonchev–Trinajstić information content (AvgIpc) is 3.00. The van der Waals surface area contributed by atoms with Crippen molar-refractivity contribution in [3.8, 4) is 0 Å². The quantitative estimate of drug-likeness (QED) is 0.124. The second-order valence-electron chi connectivity index (χ2n) is 11.7. The van der Waals surface area contributed by atoms with Crippen molar-refractivity contribution >= 4 is 62.5 Å². The first-order chi connectivity index (χ1) is 22.5. The number of esters is 1. The summed E-state index contributed by atoms with van der Waals surface area (Å²) >= 11 is 6.06. The van der Waals surface area contributed by atoms with Gasteiger partial charge in [0, 0.05) is 28.1 Å². The standard InChI is InChI=1S/C34H41ClN2O10S/c1-21(2)26(34(45)36-25(18-30(41)42)17-28(35)48(3,4)46)19-27(38)32(23-13-9-6-10-14-23)37-33(44)24(15-29(39)40)16-31(43)47-20-22-11-7-5-8-12-22/h5-14,17,21,24-26,32H,3,15-16,18-20H2,1-2,4H3,(H,36,45)(H,37,44)(H,39,40)(H,41,42)/b28-17+/t24-,25-,26+,32+,48?/m1/s1. The third-order valence-corrected chi connectivity index (χ3v) is 9.28. The predicted octanol–water partition coefficient (Wildman–Crippen LogP) is 3.69. The third kappa shape index (κ3) is 13.7. The summed E-state index contributed by atoms with van der Waals surface area (Å²) < 4.78 is 17.2. The van der Waals surface area contributed by atoms with E-state index in [1.54, 1.807) is 74.5 Å². The number of carboxylic acid groups (broad SMARTS) is 2. The summed E-state index contributed by atoms with van der Waals surface area (Å²) in [5.74, 6) is -4.92. The summed E-state index contributed by atoms with van der Waals surface area (Å²) in [4.78, 5) is 76.4. The minimum absolute atomic E-state index is 0.0765. The van der Waals surface area contributed by atoms with Gasteiger partial charge in [0.15, 0.2) is 5.78 Å². The van der Waals surface area contributed by atoms with E-state index in [1.165, 1.54) is 6.26 Å². The first-order valence-corrected chi connectivity index (χ1v) is 17.5. The highest BCUT2D eigenvalue weighted by Gasteiger charge is 2.34. The number of rotatable bonds is 19. The normalized spacial score (nSPS) is 15.2. The van der Waals surface area contributed by atoms with E-state index >= 15 is 0 Å². The topological polar surface area (TPSA) is 193 Å². The number of ether oxygens (including phenoxy) is 1. The Bertz CT molecular complexity index is 1590. The van der Waals surface area contributed by atoms with Crippen LogP contribution in [0.3, 0.4) is 0 Å². The maximum absolute atomic E-state index is 13.8. The Morgan fingerprint density at radius 2 is 1.42 bits per heavy atom. The molecular formula is C34H41ClN2O10S. The van der Waals surface area contributed by atoms with Crippen LogP contribution in [0.2, 0.25) is 0 Å². The van der Waals surface area contributed by atoms with Gasteiger partial charge in [-0.2, -0.15) is 0 Å². The Kier molecular flexibility index (Phi) is 15.5. The zero-order valence-corrected chi connectivity index (χ0v) is 28.5. The Hall–Kier alpha value is -4.49. The van der Waals surface area contributed by atoms with Crippen molar-refractivity contribution in [3.05, 3.63) is 82.2 Å². The molecule has 0 aromatic heterocycles. The van der Waals surface area contributed by atoms with Crippen LogP contribution in [0.1, 0.15) is 56.7 Å². The molecule has 0 radical (unpaired) electrons. The van der Waals surface area contributed by atoms with E-state index < -0.39 is 101 Å². The van der Waals surface area contributed by atoms with Gasteiger partial charge in [0.2, 0.25) is 11.8 Å². The van der Waals surface area contributed by atoms with Crippen molar-refractivity contribution in [1.82, 2.24) is 10.6 Å². The fraction of sp³-hybridized carbons (Fsp3) is 0.382. The first kappa shape index (κ1) is 39.7. The zero-order valence-electron chi connectivity index (χ0n) is 26.9. The summed E-state index contributed by atoms with van der Waals surface area (Å²) in [5.41, 5.74) is 1.05. The van der Waals surface area contributed by atoms with Crippen molar-refractivity contribution in [2.45, 2.75) is 58.2 Å². The molecule has 5 atom stereocenters. The van der Waals surface area contributed by atoms with Crippen LogP contribution in [0.25, 0.3) is 0 Å². The van der Waals surface area contributed by atoms with Crippen molar-refractivity contribution in [2.24, 2.45) is 17.8 Å². The molecule has 2 amide bonds. The minimum atomic E-state index is -2.89. The zero-order chi connectivity index (χ0) is 36.0. The SMILES string of the molecule is C=S(C)(=O)/C(Cl)=C/[C@H](CC(=O)O)NC(=O)[C@@H](CC(=O)[C@@H](NC(=O)[C@H](CC(=O)O)CC(=O)OCc1ccccc1)c1ccccc1)C(C)C. The number of aliphatic carboxylic acids is 2. The number of ketones is 1. The van der Waals surface area contributed by atoms with E-state index in [1.807, 2.05) is 0 Å². The summed E-state index contributed by atoms with van der Waals surface area (Å²) in [6, 6.07) is 14.4. The number of nitrogens with one attached hydrogen (secondary N) is 2. The van der Waals surface area contributed by atoms with Crippen LogP contribution in [0, 0.1) is 17.8 Å². The number of hydrogen-bond donors (Lipinski definition) is 4. The second-order valence-corrected chi connectivity index (χ2v) is 14.8. The molecule has 14 heteroatoms. The molecule has 0 aliphatic heterocycles. The van der Waals surface area contributed by atoms with Gasteiger partial charge in [-0.3, -0.25) is 33.0 Å². The molecule has 0 aliphatic carbocycles. The number of carbonyl (C=O) groups excluding carboxylic acids is 4. The van der Waals surface area contributed by atoms with Gasteiger partial charge in [-0.15, -0.1) is 0 Å². The molecule has 0 spiro atoms. The van der Waals surface area contributed by atoms with Gasteiger partial charge in [0.25, 0.3) is 0 Å². The van der Waals surface area contributed by atoms with Crippen LogP contribution in [0.5, 0.6) is 0 Å². The van der Waals surface area contributed by atoms with Crippen molar-refractivity contribution in [2.75, 3.05) is 6.26 Å². The van der Waals surface area contributed by atoms with Crippen molar-refractivity contribution < 1.29 is 47.9 Å². The lowest BCUT2D eigenvalue weighted by atomic mass is 9.86. The summed E-state index contributed by atoms with van der Waals surface area (Å²) in [6.45, 7) is 3.29. The van der Waals surface area contributed by atoms with Gasteiger partial charge in [0.05, 0.1) is 35.6 Å². The maximum atomic E-state index is 13.8. The molecule has 0 saturated carbocycles. The molecule has 0 saturated heterocycles. The number of carbonyl (C=O) groups is 6. The predicted molar refractivity (Wildman–Crippen MR) is 181 cm³/mol. The monoisotopic (exact) mass is 704 g/mol. The lowest BCUT2D eigenvalue weighted by molar-refractivity contribution is -0.150. The molecule has 48 heavy (non-hydrogen) atoms. The summed E-state index contributed by atoms with van der Waals surface area (Å²) in [7, 11) is -2.89. The van der Waals surface area contributed by atoms with Gasteiger partial charge >= 0.3 is 17.9 Å². The maximum Gasteiger partial charge on any atom is 0.306 e. The lowest BCUT2D eigenvalue weighted by Gasteiger charge is -2.26. The Morgan fingerprint density at radius 3 is 1.94 bits per heavy atom. The fourth-order valence-corrected chi connectivity index (χ4v) is 5.22. The van der Waals surface area contributed by atoms with Crippen LogP contribution in [-0.2, 0) is 49.6 Å². The van der Waals surface area contributed by atoms with E-state index in [-0.39, 0.29) is 11.0 Å². The Labute approximate surface area is 284 Å². The average molecular weight is 705 g/mol. The van der Waals surface area contributed by atoms with Gasteiger partial charge < -0.3 is 25.6 Å². The molecule has 1 unspecified atom stereocenters. The third-order valence-electron chi connectivity index (χ3n) is 7.22. The van der Waals surface area contributed by atoms with E-state index in [0.717, 1.165) is 6.08 Å². The first-order valence-electron chi connectivity index (χ1n) is 15.0. The highest BCUT2D eigenvalue weighted by atomic mass is 35.5.